The number of nitrogens with zero attached hydrogens (tertiary/aromatic N) is 1. The highest BCUT2D eigenvalue weighted by atomic mass is 19.1. The zero-order valence-electron chi connectivity index (χ0n) is 9.63. The van der Waals surface area contributed by atoms with Gasteiger partial charge in [0.25, 0.3) is 0 Å². The first-order valence-electron chi connectivity index (χ1n) is 5.22. The van der Waals surface area contributed by atoms with Crippen molar-refractivity contribution in [2.45, 2.75) is 19.9 Å². The van der Waals surface area contributed by atoms with Crippen LogP contribution in [-0.4, -0.2) is 25.0 Å². The Bertz CT molecular complexity index is 325. The molecule has 0 heterocycles. The van der Waals surface area contributed by atoms with E-state index in [-0.39, 0.29) is 11.9 Å². The van der Waals surface area contributed by atoms with Gasteiger partial charge in [-0.1, -0.05) is 12.1 Å². The van der Waals surface area contributed by atoms with Crippen molar-refractivity contribution in [3.63, 3.8) is 0 Å². The third kappa shape index (κ3) is 3.01. The number of aryl methyl sites for hydroxylation is 1. The lowest BCUT2D eigenvalue weighted by Crippen LogP contribution is -2.28. The summed E-state index contributed by atoms with van der Waals surface area (Å²) in [5.41, 5.74) is 7.17. The van der Waals surface area contributed by atoms with Gasteiger partial charge < -0.3 is 5.73 Å². The molecule has 1 rings (SSSR count). The lowest BCUT2D eigenvalue weighted by molar-refractivity contribution is 0.268. The van der Waals surface area contributed by atoms with Crippen LogP contribution >= 0.6 is 0 Å². The normalized spacial score (nSPS) is 13.2. The van der Waals surface area contributed by atoms with Crippen molar-refractivity contribution in [3.05, 3.63) is 35.1 Å². The molecule has 1 aromatic rings. The van der Waals surface area contributed by atoms with E-state index < -0.39 is 0 Å². The molecule has 0 aromatic heterocycles. The average molecular weight is 210 g/mol. The van der Waals surface area contributed by atoms with Crippen molar-refractivity contribution < 1.29 is 4.39 Å². The zero-order chi connectivity index (χ0) is 11.4. The third-order valence-electron chi connectivity index (χ3n) is 2.82. The summed E-state index contributed by atoms with van der Waals surface area (Å²) in [4.78, 5) is 2.12. The molecule has 2 N–H and O–H groups in total. The van der Waals surface area contributed by atoms with Crippen LogP contribution in [0.3, 0.4) is 0 Å². The summed E-state index contributed by atoms with van der Waals surface area (Å²) < 4.78 is 13.3. The lowest BCUT2D eigenvalue weighted by Gasteiger charge is -2.24. The molecular weight excluding hydrogens is 191 g/mol. The maximum absolute atomic E-state index is 13.3. The molecule has 0 saturated carbocycles. The summed E-state index contributed by atoms with van der Waals surface area (Å²) in [6, 6.07) is 5.59. The first kappa shape index (κ1) is 12.1. The van der Waals surface area contributed by atoms with Crippen molar-refractivity contribution in [1.82, 2.24) is 4.90 Å². The highest BCUT2D eigenvalue weighted by Gasteiger charge is 2.11. The van der Waals surface area contributed by atoms with Gasteiger partial charge in [0.2, 0.25) is 0 Å². The largest absolute Gasteiger partial charge is 0.329 e. The molecule has 0 amide bonds. The minimum atomic E-state index is -0.138. The second kappa shape index (κ2) is 5.24. The number of hydrogen-bond donors (Lipinski definition) is 1. The Morgan fingerprint density at radius 3 is 2.67 bits per heavy atom. The van der Waals surface area contributed by atoms with E-state index in [4.69, 9.17) is 5.73 Å². The van der Waals surface area contributed by atoms with Crippen LogP contribution in [0.25, 0.3) is 0 Å². The summed E-state index contributed by atoms with van der Waals surface area (Å²) in [7, 11) is 2.00. The quantitative estimate of drug-likeness (QED) is 0.824. The van der Waals surface area contributed by atoms with Crippen LogP contribution < -0.4 is 5.73 Å². The topological polar surface area (TPSA) is 29.3 Å². The predicted octanol–water partition coefficient (Wildman–Crippen LogP) is 2.09. The van der Waals surface area contributed by atoms with E-state index >= 15 is 0 Å². The van der Waals surface area contributed by atoms with Gasteiger partial charge in [0, 0.05) is 19.1 Å². The van der Waals surface area contributed by atoms with Crippen LogP contribution in [0, 0.1) is 12.7 Å². The highest BCUT2D eigenvalue weighted by molar-refractivity contribution is 5.25. The molecule has 2 nitrogen and oxygen atoms in total. The van der Waals surface area contributed by atoms with E-state index in [9.17, 15) is 4.39 Å². The molecule has 1 aromatic carbocycles. The van der Waals surface area contributed by atoms with E-state index in [1.165, 1.54) is 0 Å². The van der Waals surface area contributed by atoms with Crippen LogP contribution in [0.4, 0.5) is 4.39 Å². The fourth-order valence-electron chi connectivity index (χ4n) is 1.52. The molecule has 0 aliphatic heterocycles. The molecule has 1 unspecified atom stereocenters. The van der Waals surface area contributed by atoms with E-state index in [0.29, 0.717) is 12.1 Å². The summed E-state index contributed by atoms with van der Waals surface area (Å²) in [6.45, 7) is 5.26. The molecule has 0 aliphatic rings. The molecular formula is C12H19FN2. The van der Waals surface area contributed by atoms with Gasteiger partial charge in [0.05, 0.1) is 0 Å². The van der Waals surface area contributed by atoms with E-state index in [2.05, 4.69) is 11.8 Å². The van der Waals surface area contributed by atoms with E-state index in [1.807, 2.05) is 19.2 Å². The van der Waals surface area contributed by atoms with Crippen LogP contribution in [0.2, 0.25) is 0 Å². The van der Waals surface area contributed by atoms with Gasteiger partial charge in [-0.2, -0.15) is 0 Å². The Morgan fingerprint density at radius 1 is 1.47 bits per heavy atom. The molecule has 0 aliphatic carbocycles. The van der Waals surface area contributed by atoms with Gasteiger partial charge in [-0.3, -0.25) is 4.90 Å². The Hall–Kier alpha value is -0.930. The minimum Gasteiger partial charge on any atom is -0.329 e. The molecule has 3 heteroatoms. The summed E-state index contributed by atoms with van der Waals surface area (Å²) in [5.74, 6) is -0.138. The Labute approximate surface area is 90.9 Å². The lowest BCUT2D eigenvalue weighted by atomic mass is 10.1. The summed E-state index contributed by atoms with van der Waals surface area (Å²) in [5, 5.41) is 0. The second-order valence-electron chi connectivity index (χ2n) is 3.95. The molecule has 0 saturated heterocycles. The maximum Gasteiger partial charge on any atom is 0.126 e. The smallest absolute Gasteiger partial charge is 0.126 e. The molecule has 0 spiro atoms. The zero-order valence-corrected chi connectivity index (χ0v) is 9.63. The summed E-state index contributed by atoms with van der Waals surface area (Å²) in [6.07, 6.45) is 0. The van der Waals surface area contributed by atoms with Crippen LogP contribution in [0.1, 0.15) is 24.1 Å². The van der Waals surface area contributed by atoms with Gasteiger partial charge in [-0.05, 0) is 38.1 Å². The van der Waals surface area contributed by atoms with Crippen LogP contribution in [-0.2, 0) is 0 Å². The van der Waals surface area contributed by atoms with Crippen molar-refractivity contribution in [1.29, 1.82) is 0 Å². The first-order chi connectivity index (χ1) is 7.06. The van der Waals surface area contributed by atoms with Crippen LogP contribution in [0.5, 0.6) is 0 Å². The van der Waals surface area contributed by atoms with Gasteiger partial charge in [-0.25, -0.2) is 4.39 Å². The Balaban J connectivity index is 2.81. The Kier molecular flexibility index (Phi) is 4.24. The molecule has 0 radical (unpaired) electrons. The number of benzene rings is 1. The van der Waals surface area contributed by atoms with Crippen molar-refractivity contribution >= 4 is 0 Å². The van der Waals surface area contributed by atoms with Gasteiger partial charge >= 0.3 is 0 Å². The van der Waals surface area contributed by atoms with E-state index in [1.54, 1.807) is 13.0 Å². The van der Waals surface area contributed by atoms with Crippen molar-refractivity contribution in [3.8, 4) is 0 Å². The minimum absolute atomic E-state index is 0.138. The maximum atomic E-state index is 13.3. The fraction of sp³-hybridized carbons (Fsp3) is 0.500. The predicted molar refractivity (Wildman–Crippen MR) is 61.2 cm³/mol. The highest BCUT2D eigenvalue weighted by Crippen LogP contribution is 2.20. The number of rotatable bonds is 4. The van der Waals surface area contributed by atoms with Gasteiger partial charge in [-0.15, -0.1) is 0 Å². The molecule has 0 fully saturated rings. The first-order valence-corrected chi connectivity index (χ1v) is 5.22. The van der Waals surface area contributed by atoms with Gasteiger partial charge in [0.1, 0.15) is 5.82 Å². The molecule has 84 valence electrons. The molecule has 0 bridgehead atoms. The molecule has 1 atom stereocenters. The Morgan fingerprint density at radius 2 is 2.13 bits per heavy atom. The molecule has 15 heavy (non-hydrogen) atoms. The second-order valence-corrected chi connectivity index (χ2v) is 3.95. The number of nitrogens with two attached hydrogens (primary N) is 1. The van der Waals surface area contributed by atoms with E-state index in [0.717, 1.165) is 12.1 Å². The number of hydrogen-bond acceptors (Lipinski definition) is 2. The number of likely N-dealkylation sites (N-methyl/N-ethyl adjacent to an activating group) is 1. The SMILES string of the molecule is Cc1ccc(C(C)N(C)CCN)cc1F. The van der Waals surface area contributed by atoms with Gasteiger partial charge in [0.15, 0.2) is 0 Å². The van der Waals surface area contributed by atoms with Crippen molar-refractivity contribution in [2.75, 3.05) is 20.1 Å². The fourth-order valence-corrected chi connectivity index (χ4v) is 1.52. The standard InChI is InChI=1S/C12H19FN2/c1-9-4-5-11(8-12(9)13)10(2)15(3)7-6-14/h4-5,8,10H,6-7,14H2,1-3H3. The monoisotopic (exact) mass is 210 g/mol. The average Bonchev–Trinajstić information content (AvgIpc) is 2.21. The third-order valence-corrected chi connectivity index (χ3v) is 2.82. The van der Waals surface area contributed by atoms with Crippen molar-refractivity contribution in [2.24, 2.45) is 5.73 Å². The van der Waals surface area contributed by atoms with Crippen LogP contribution in [0.15, 0.2) is 18.2 Å². The summed E-state index contributed by atoms with van der Waals surface area (Å²) >= 11 is 0. The number of halogens is 1.